The number of halogens is 4. The number of carbonyl (C=O) groups excluding carboxylic acids is 1. The van der Waals surface area contributed by atoms with Crippen LogP contribution in [0.25, 0.3) is 6.08 Å². The summed E-state index contributed by atoms with van der Waals surface area (Å²) >= 11 is 0. The molecule has 154 valence electrons. The molecule has 8 heteroatoms. The minimum absolute atomic E-state index is 0.00479. The van der Waals surface area contributed by atoms with E-state index in [0.717, 1.165) is 6.08 Å². The summed E-state index contributed by atoms with van der Waals surface area (Å²) in [6.45, 7) is 0. The molecule has 2 atom stereocenters. The summed E-state index contributed by atoms with van der Waals surface area (Å²) in [6, 6.07) is 6.46. The lowest BCUT2D eigenvalue weighted by Gasteiger charge is -2.33. The lowest BCUT2D eigenvalue weighted by atomic mass is 9.84. The Morgan fingerprint density at radius 2 is 2.00 bits per heavy atom. The second-order valence-corrected chi connectivity index (χ2v) is 6.86. The fourth-order valence-corrected chi connectivity index (χ4v) is 3.34. The van der Waals surface area contributed by atoms with Gasteiger partial charge < -0.3 is 10.1 Å². The average Bonchev–Trinajstić information content (AvgIpc) is 2.69. The Morgan fingerprint density at radius 1 is 1.21 bits per heavy atom. The Labute approximate surface area is 165 Å². The number of ether oxygens (including phenoxy) is 1. The van der Waals surface area contributed by atoms with Crippen molar-refractivity contribution in [3.63, 3.8) is 0 Å². The van der Waals surface area contributed by atoms with Crippen molar-refractivity contribution in [2.45, 2.75) is 37.9 Å². The topological polar surface area (TPSA) is 51.2 Å². The van der Waals surface area contributed by atoms with E-state index in [1.54, 1.807) is 18.3 Å². The van der Waals surface area contributed by atoms with Gasteiger partial charge in [-0.2, -0.15) is 13.2 Å². The maximum atomic E-state index is 14.2. The van der Waals surface area contributed by atoms with Crippen molar-refractivity contribution in [1.29, 1.82) is 0 Å². The van der Waals surface area contributed by atoms with Crippen molar-refractivity contribution < 1.29 is 27.1 Å². The molecule has 1 aromatic heterocycles. The first-order valence-electron chi connectivity index (χ1n) is 9.25. The summed E-state index contributed by atoms with van der Waals surface area (Å²) in [5, 5.41) is 2.43. The predicted molar refractivity (Wildman–Crippen MR) is 99.7 cm³/mol. The third kappa shape index (κ3) is 5.79. The molecule has 1 N–H and O–H groups in total. The summed E-state index contributed by atoms with van der Waals surface area (Å²) in [5.74, 6) is -2.44. The summed E-state index contributed by atoms with van der Waals surface area (Å²) in [7, 11) is 0. The molecule has 3 rings (SSSR count). The Bertz CT molecular complexity index is 869. The van der Waals surface area contributed by atoms with E-state index in [1.165, 1.54) is 30.5 Å². The fraction of sp³-hybridized carbons (Fsp3) is 0.333. The van der Waals surface area contributed by atoms with Gasteiger partial charge in [-0.3, -0.25) is 9.78 Å². The molecule has 4 nitrogen and oxygen atoms in total. The maximum Gasteiger partial charge on any atom is 0.393 e. The SMILES string of the molecule is O=C(/C=C/c1ccc(Oc2cccnc2)c(F)c1)NC1CCCCC1C(F)(F)F. The third-order valence-corrected chi connectivity index (χ3v) is 4.76. The van der Waals surface area contributed by atoms with Gasteiger partial charge >= 0.3 is 6.18 Å². The van der Waals surface area contributed by atoms with Crippen molar-refractivity contribution in [2.24, 2.45) is 5.92 Å². The zero-order chi connectivity index (χ0) is 20.9. The van der Waals surface area contributed by atoms with Crippen molar-refractivity contribution in [3.8, 4) is 11.5 Å². The largest absolute Gasteiger partial charge is 0.453 e. The molecular formula is C21H20F4N2O2. The standard InChI is InChI=1S/C21H20F4N2O2/c22-17-12-14(7-9-19(17)29-15-4-3-11-26-13-15)8-10-20(28)27-18-6-2-1-5-16(18)21(23,24)25/h3-4,7-13,16,18H,1-2,5-6H2,(H,27,28)/b10-8+. The molecule has 1 amide bonds. The van der Waals surface area contributed by atoms with Crippen molar-refractivity contribution in [3.05, 3.63) is 60.2 Å². The Balaban J connectivity index is 1.62. The number of amides is 1. The van der Waals surface area contributed by atoms with E-state index in [-0.39, 0.29) is 12.2 Å². The minimum Gasteiger partial charge on any atom is -0.453 e. The van der Waals surface area contributed by atoms with Gasteiger partial charge in [0, 0.05) is 18.3 Å². The summed E-state index contributed by atoms with van der Waals surface area (Å²) in [5.41, 5.74) is 0.382. The van der Waals surface area contributed by atoms with E-state index in [2.05, 4.69) is 10.3 Å². The van der Waals surface area contributed by atoms with Crippen LogP contribution in [0.1, 0.15) is 31.2 Å². The molecule has 2 unspecified atom stereocenters. The summed E-state index contributed by atoms with van der Waals surface area (Å²) in [4.78, 5) is 15.9. The smallest absolute Gasteiger partial charge is 0.393 e. The molecule has 2 aromatic rings. The van der Waals surface area contributed by atoms with Gasteiger partial charge in [-0.15, -0.1) is 0 Å². The highest BCUT2D eigenvalue weighted by molar-refractivity contribution is 5.91. The van der Waals surface area contributed by atoms with Crippen LogP contribution >= 0.6 is 0 Å². The molecule has 1 aromatic carbocycles. The molecule has 1 saturated carbocycles. The Kier molecular flexibility index (Phi) is 6.51. The van der Waals surface area contributed by atoms with Gasteiger partial charge in [0.05, 0.1) is 12.1 Å². The van der Waals surface area contributed by atoms with Gasteiger partial charge in [0.2, 0.25) is 5.91 Å². The molecule has 0 spiro atoms. The van der Waals surface area contributed by atoms with Crippen LogP contribution in [0.5, 0.6) is 11.5 Å². The zero-order valence-electron chi connectivity index (χ0n) is 15.5. The van der Waals surface area contributed by atoms with Crippen LogP contribution in [0.2, 0.25) is 0 Å². The highest BCUT2D eigenvalue weighted by atomic mass is 19.4. The third-order valence-electron chi connectivity index (χ3n) is 4.76. The second kappa shape index (κ2) is 9.07. The number of pyridine rings is 1. The second-order valence-electron chi connectivity index (χ2n) is 6.86. The minimum atomic E-state index is -4.34. The number of alkyl halides is 3. The van der Waals surface area contributed by atoms with Crippen molar-refractivity contribution in [1.82, 2.24) is 10.3 Å². The molecule has 0 radical (unpaired) electrons. The highest BCUT2D eigenvalue weighted by Gasteiger charge is 2.45. The number of nitrogens with zero attached hydrogens (tertiary/aromatic N) is 1. The van der Waals surface area contributed by atoms with Crippen LogP contribution in [0.15, 0.2) is 48.8 Å². The van der Waals surface area contributed by atoms with Gasteiger partial charge in [0.25, 0.3) is 0 Å². The van der Waals surface area contributed by atoms with E-state index in [9.17, 15) is 22.4 Å². The van der Waals surface area contributed by atoms with Crippen LogP contribution in [-0.4, -0.2) is 23.1 Å². The van der Waals surface area contributed by atoms with Gasteiger partial charge in [-0.1, -0.05) is 18.9 Å². The number of rotatable bonds is 5. The number of hydrogen-bond donors (Lipinski definition) is 1. The molecule has 0 saturated heterocycles. The summed E-state index contributed by atoms with van der Waals surface area (Å²) in [6.07, 6.45) is 2.57. The quantitative estimate of drug-likeness (QED) is 0.542. The van der Waals surface area contributed by atoms with Gasteiger partial charge in [0.15, 0.2) is 11.6 Å². The molecule has 1 heterocycles. The number of aromatic nitrogens is 1. The monoisotopic (exact) mass is 408 g/mol. The molecule has 29 heavy (non-hydrogen) atoms. The summed E-state index contributed by atoms with van der Waals surface area (Å²) < 4.78 is 58.9. The Morgan fingerprint density at radius 3 is 2.69 bits per heavy atom. The van der Waals surface area contributed by atoms with Crippen LogP contribution in [0.4, 0.5) is 17.6 Å². The van der Waals surface area contributed by atoms with Gasteiger partial charge in [-0.05, 0) is 48.7 Å². The van der Waals surface area contributed by atoms with Crippen LogP contribution < -0.4 is 10.1 Å². The lowest BCUT2D eigenvalue weighted by Crippen LogP contribution is -2.47. The van der Waals surface area contributed by atoms with Crippen LogP contribution in [0.3, 0.4) is 0 Å². The fourth-order valence-electron chi connectivity index (χ4n) is 3.34. The number of benzene rings is 1. The normalized spacial score (nSPS) is 19.9. The first-order valence-corrected chi connectivity index (χ1v) is 9.25. The van der Waals surface area contributed by atoms with Crippen LogP contribution in [0, 0.1) is 11.7 Å². The maximum absolute atomic E-state index is 14.2. The van der Waals surface area contributed by atoms with Gasteiger partial charge in [-0.25, -0.2) is 4.39 Å². The molecule has 0 bridgehead atoms. The van der Waals surface area contributed by atoms with E-state index in [1.807, 2.05) is 0 Å². The zero-order valence-corrected chi connectivity index (χ0v) is 15.5. The number of carbonyl (C=O) groups is 1. The molecule has 1 fully saturated rings. The average molecular weight is 408 g/mol. The molecule has 1 aliphatic carbocycles. The predicted octanol–water partition coefficient (Wildman–Crippen LogP) is 5.26. The van der Waals surface area contributed by atoms with E-state index in [0.29, 0.717) is 30.6 Å². The Hall–Kier alpha value is -2.90. The molecule has 0 aliphatic heterocycles. The van der Waals surface area contributed by atoms with E-state index in [4.69, 9.17) is 4.74 Å². The number of nitrogens with one attached hydrogen (secondary N) is 1. The van der Waals surface area contributed by atoms with Gasteiger partial charge in [0.1, 0.15) is 5.75 Å². The van der Waals surface area contributed by atoms with Crippen molar-refractivity contribution in [2.75, 3.05) is 0 Å². The lowest BCUT2D eigenvalue weighted by molar-refractivity contribution is -0.188. The molecule has 1 aliphatic rings. The first kappa shape index (κ1) is 20.8. The van der Waals surface area contributed by atoms with E-state index < -0.39 is 29.9 Å². The van der Waals surface area contributed by atoms with E-state index >= 15 is 0 Å². The number of hydrogen-bond acceptors (Lipinski definition) is 3. The highest BCUT2D eigenvalue weighted by Crippen LogP contribution is 2.37. The van der Waals surface area contributed by atoms with Crippen LogP contribution in [-0.2, 0) is 4.79 Å². The molecular weight excluding hydrogens is 388 g/mol. The first-order chi connectivity index (χ1) is 13.8. The van der Waals surface area contributed by atoms with Crippen molar-refractivity contribution >= 4 is 12.0 Å².